The third-order valence-electron chi connectivity index (χ3n) is 7.34. The number of rotatable bonds is 10. The lowest BCUT2D eigenvalue weighted by atomic mass is 10.1. The first kappa shape index (κ1) is 26.8. The molecule has 3 aromatic rings. The molecule has 1 aromatic carbocycles. The lowest BCUT2D eigenvalue weighted by Crippen LogP contribution is -2.31. The van der Waals surface area contributed by atoms with Crippen molar-refractivity contribution in [3.8, 4) is 0 Å². The molecule has 210 valence electrons. The van der Waals surface area contributed by atoms with Crippen molar-refractivity contribution in [2.45, 2.75) is 87.3 Å². The predicted octanol–water partition coefficient (Wildman–Crippen LogP) is 3.81. The van der Waals surface area contributed by atoms with Gasteiger partial charge in [-0.3, -0.25) is 0 Å². The number of aromatic nitrogens is 5. The van der Waals surface area contributed by atoms with Gasteiger partial charge in [-0.2, -0.15) is 0 Å². The Morgan fingerprint density at radius 1 is 1.18 bits per heavy atom. The quantitative estimate of drug-likeness (QED) is 0.279. The van der Waals surface area contributed by atoms with Gasteiger partial charge in [0.2, 0.25) is 0 Å². The second-order valence-corrected chi connectivity index (χ2v) is 11.7. The summed E-state index contributed by atoms with van der Waals surface area (Å²) in [4.78, 5) is 9.57. The third kappa shape index (κ3) is 5.22. The normalized spacial score (nSPS) is 29.2. The summed E-state index contributed by atoms with van der Waals surface area (Å²) in [7, 11) is 0. The van der Waals surface area contributed by atoms with E-state index < -0.39 is 17.4 Å². The highest BCUT2D eigenvalue weighted by Crippen LogP contribution is 2.46. The number of halogens is 2. The van der Waals surface area contributed by atoms with E-state index in [1.165, 1.54) is 6.07 Å². The highest BCUT2D eigenvalue weighted by Gasteiger charge is 2.56. The predicted molar refractivity (Wildman–Crippen MR) is 140 cm³/mol. The van der Waals surface area contributed by atoms with Gasteiger partial charge in [0, 0.05) is 24.1 Å². The first-order valence-electron chi connectivity index (χ1n) is 13.3. The van der Waals surface area contributed by atoms with Gasteiger partial charge in [0.1, 0.15) is 12.2 Å². The highest BCUT2D eigenvalue weighted by atomic mass is 32.2. The van der Waals surface area contributed by atoms with Gasteiger partial charge in [-0.1, -0.05) is 30.0 Å². The number of nitrogens with zero attached hydrogens (tertiary/aromatic N) is 5. The van der Waals surface area contributed by atoms with Crippen LogP contribution in [0.3, 0.4) is 0 Å². The molecule has 0 bridgehead atoms. The summed E-state index contributed by atoms with van der Waals surface area (Å²) in [5, 5.41) is 22.3. The third-order valence-corrected chi connectivity index (χ3v) is 8.40. The second-order valence-electron chi connectivity index (χ2n) is 10.7. The summed E-state index contributed by atoms with van der Waals surface area (Å²) in [5.41, 5.74) is 1.85. The molecule has 39 heavy (non-hydrogen) atoms. The van der Waals surface area contributed by atoms with Crippen molar-refractivity contribution >= 4 is 28.7 Å². The number of thioether (sulfide) groups is 1. The van der Waals surface area contributed by atoms with Crippen molar-refractivity contribution in [1.29, 1.82) is 0 Å². The average molecular weight is 563 g/mol. The molecule has 0 radical (unpaired) electrons. The van der Waals surface area contributed by atoms with E-state index in [-0.39, 0.29) is 49.5 Å². The molecule has 2 aliphatic carbocycles. The maximum atomic E-state index is 13.8. The molecule has 6 rings (SSSR count). The van der Waals surface area contributed by atoms with Crippen molar-refractivity contribution in [3.63, 3.8) is 0 Å². The Kier molecular flexibility index (Phi) is 7.21. The van der Waals surface area contributed by atoms with Crippen LogP contribution in [0.1, 0.15) is 57.6 Å². The molecule has 3 aliphatic rings. The Balaban J connectivity index is 1.31. The first-order valence-corrected chi connectivity index (χ1v) is 14.3. The Morgan fingerprint density at radius 2 is 2.00 bits per heavy atom. The number of aliphatic hydroxyl groups excluding tert-OH is 1. The molecule has 2 aromatic heterocycles. The van der Waals surface area contributed by atoms with Gasteiger partial charge in [-0.05, 0) is 44.4 Å². The van der Waals surface area contributed by atoms with Crippen LogP contribution in [0.5, 0.6) is 0 Å². The van der Waals surface area contributed by atoms with Gasteiger partial charge in [0.15, 0.2) is 39.6 Å². The molecule has 0 amide bonds. The van der Waals surface area contributed by atoms with Crippen molar-refractivity contribution in [1.82, 2.24) is 25.0 Å². The molecule has 3 fully saturated rings. The fraction of sp³-hybridized carbons (Fsp3) is 0.615. The number of nitrogens with one attached hydrogen (secondary N) is 1. The molecular weight excluding hydrogens is 530 g/mol. The molecule has 3 heterocycles. The summed E-state index contributed by atoms with van der Waals surface area (Å²) in [5.74, 6) is -1.03. The first-order chi connectivity index (χ1) is 18.8. The number of anilines is 1. The van der Waals surface area contributed by atoms with Gasteiger partial charge in [0.05, 0.1) is 25.4 Å². The zero-order valence-corrected chi connectivity index (χ0v) is 22.8. The van der Waals surface area contributed by atoms with Gasteiger partial charge in [0.25, 0.3) is 0 Å². The van der Waals surface area contributed by atoms with Crippen molar-refractivity contribution in [2.75, 3.05) is 24.3 Å². The number of aliphatic hydroxyl groups is 1. The van der Waals surface area contributed by atoms with Crippen LogP contribution < -0.4 is 5.32 Å². The monoisotopic (exact) mass is 562 g/mol. The Morgan fingerprint density at radius 3 is 2.77 bits per heavy atom. The van der Waals surface area contributed by atoms with Gasteiger partial charge in [-0.25, -0.2) is 23.4 Å². The number of hydrogen-bond acceptors (Lipinski definition) is 10. The summed E-state index contributed by atoms with van der Waals surface area (Å²) in [6.45, 7) is 5.96. The molecule has 2 N–H and O–H groups in total. The molecule has 13 heteroatoms. The average Bonchev–Trinajstić information content (AvgIpc) is 3.24. The topological polar surface area (TPSA) is 116 Å². The van der Waals surface area contributed by atoms with Crippen LogP contribution in [0.25, 0.3) is 11.2 Å². The zero-order chi connectivity index (χ0) is 27.3. The maximum Gasteiger partial charge on any atom is 0.191 e. The lowest BCUT2D eigenvalue weighted by Gasteiger charge is -2.23. The molecule has 0 spiro atoms. The molecule has 1 saturated heterocycles. The van der Waals surface area contributed by atoms with E-state index >= 15 is 0 Å². The number of hydrogen-bond donors (Lipinski definition) is 2. The summed E-state index contributed by atoms with van der Waals surface area (Å²) >= 11 is 1.55. The van der Waals surface area contributed by atoms with E-state index in [0.29, 0.717) is 28.6 Å². The smallest absolute Gasteiger partial charge is 0.191 e. The zero-order valence-electron chi connectivity index (χ0n) is 22.0. The van der Waals surface area contributed by atoms with Crippen LogP contribution in [0.15, 0.2) is 23.4 Å². The molecule has 6 atom stereocenters. The van der Waals surface area contributed by atoms with E-state index in [1.807, 2.05) is 13.8 Å². The van der Waals surface area contributed by atoms with Crippen LogP contribution in [0, 0.1) is 11.6 Å². The van der Waals surface area contributed by atoms with Crippen LogP contribution in [0.4, 0.5) is 14.6 Å². The van der Waals surface area contributed by atoms with E-state index in [1.54, 1.807) is 22.5 Å². The fourth-order valence-electron chi connectivity index (χ4n) is 5.55. The van der Waals surface area contributed by atoms with Gasteiger partial charge >= 0.3 is 0 Å². The van der Waals surface area contributed by atoms with E-state index in [4.69, 9.17) is 24.2 Å². The van der Waals surface area contributed by atoms with Crippen LogP contribution in [-0.2, 0) is 14.2 Å². The summed E-state index contributed by atoms with van der Waals surface area (Å²) in [6.07, 6.45) is 1.38. The van der Waals surface area contributed by atoms with E-state index in [2.05, 4.69) is 22.6 Å². The van der Waals surface area contributed by atoms with Crippen LogP contribution >= 0.6 is 11.8 Å². The minimum absolute atomic E-state index is 0.00150. The SMILES string of the molecule is CCCSc1nc(N[C@@H]2CC2c2ccc(F)c(F)c2)c2nnn([C@H]3C[C@@H](OCCO)C4OC(C)(C)OC43)c2n1. The fourth-order valence-corrected chi connectivity index (χ4v) is 6.24. The molecular formula is C26H32F2N6O4S. The van der Waals surface area contributed by atoms with Crippen LogP contribution in [0.2, 0.25) is 0 Å². The minimum atomic E-state index is -0.853. The Hall–Kier alpha value is -2.45. The van der Waals surface area contributed by atoms with Gasteiger partial charge < -0.3 is 24.6 Å². The summed E-state index contributed by atoms with van der Waals surface area (Å²) < 4.78 is 47.4. The minimum Gasteiger partial charge on any atom is -0.394 e. The molecule has 10 nitrogen and oxygen atoms in total. The molecule has 2 saturated carbocycles. The molecule has 3 unspecified atom stereocenters. The lowest BCUT2D eigenvalue weighted by molar-refractivity contribution is -0.171. The number of ether oxygens (including phenoxy) is 3. The Bertz CT molecular complexity index is 1360. The van der Waals surface area contributed by atoms with Crippen molar-refractivity contribution < 1.29 is 28.1 Å². The Labute approximate surface area is 228 Å². The number of fused-ring (bicyclic) bond motifs is 2. The van der Waals surface area contributed by atoms with Gasteiger partial charge in [-0.15, -0.1) is 5.10 Å². The molecule has 1 aliphatic heterocycles. The van der Waals surface area contributed by atoms with Crippen LogP contribution in [-0.4, -0.2) is 79.2 Å². The standard InChI is InChI=1S/C26H32F2N6O4S/c1-4-9-39-25-30-23(29-17-11-14(17)13-5-6-15(27)16(28)10-13)20-24(31-25)34(33-32-20)18-12-19(36-8-7-35)22-21(18)37-26(2,3)38-22/h5-6,10,14,17-19,21-22,35H,4,7-9,11-12H2,1-3H3,(H,29,30,31)/t14?,17-,18+,19-,21?,22?/m1/s1. The van der Waals surface area contributed by atoms with Crippen molar-refractivity contribution in [3.05, 3.63) is 35.4 Å². The maximum absolute atomic E-state index is 13.8. The highest BCUT2D eigenvalue weighted by molar-refractivity contribution is 7.99. The summed E-state index contributed by atoms with van der Waals surface area (Å²) in [6, 6.07) is 3.80. The van der Waals surface area contributed by atoms with E-state index in [9.17, 15) is 13.9 Å². The largest absolute Gasteiger partial charge is 0.394 e. The van der Waals surface area contributed by atoms with Crippen molar-refractivity contribution in [2.24, 2.45) is 0 Å². The second kappa shape index (κ2) is 10.5. The number of benzene rings is 1. The van der Waals surface area contributed by atoms with E-state index in [0.717, 1.165) is 30.2 Å².